The molecule has 0 bridgehead atoms. The molecule has 1 aromatic rings. The molecule has 4 heteroatoms. The fourth-order valence-electron chi connectivity index (χ4n) is 2.93. The first-order valence-corrected chi connectivity index (χ1v) is 7.92. The van der Waals surface area contributed by atoms with Crippen LogP contribution in [0, 0.1) is 0 Å². The van der Waals surface area contributed by atoms with Gasteiger partial charge in [0.1, 0.15) is 0 Å². The summed E-state index contributed by atoms with van der Waals surface area (Å²) in [5.74, 6) is 0. The molecule has 2 atom stereocenters. The zero-order valence-electron chi connectivity index (χ0n) is 12.2. The SMILES string of the molecule is C[C@@H]1CN(c2cccc(Cl)c2CNC2CC2)C[C@H](C)O1. The number of benzene rings is 1. The minimum Gasteiger partial charge on any atom is -0.372 e. The van der Waals surface area contributed by atoms with Crippen molar-refractivity contribution in [3.8, 4) is 0 Å². The van der Waals surface area contributed by atoms with E-state index in [4.69, 9.17) is 16.3 Å². The van der Waals surface area contributed by atoms with Crippen molar-refractivity contribution in [2.24, 2.45) is 0 Å². The third-order valence-corrected chi connectivity index (χ3v) is 4.35. The van der Waals surface area contributed by atoms with Crippen LogP contribution >= 0.6 is 11.6 Å². The lowest BCUT2D eigenvalue weighted by Gasteiger charge is -2.38. The third kappa shape index (κ3) is 3.27. The van der Waals surface area contributed by atoms with Gasteiger partial charge in [-0.15, -0.1) is 0 Å². The minimum absolute atomic E-state index is 0.266. The molecule has 1 saturated carbocycles. The Morgan fingerprint density at radius 3 is 2.60 bits per heavy atom. The van der Waals surface area contributed by atoms with Crippen molar-refractivity contribution < 1.29 is 4.74 Å². The highest BCUT2D eigenvalue weighted by Gasteiger charge is 2.26. The van der Waals surface area contributed by atoms with Crippen LogP contribution in [-0.2, 0) is 11.3 Å². The predicted molar refractivity (Wildman–Crippen MR) is 83.5 cm³/mol. The second kappa shape index (κ2) is 5.92. The molecule has 1 saturated heterocycles. The maximum Gasteiger partial charge on any atom is 0.0726 e. The first kappa shape index (κ1) is 14.2. The van der Waals surface area contributed by atoms with Gasteiger partial charge in [0.2, 0.25) is 0 Å². The average molecular weight is 295 g/mol. The molecule has 0 amide bonds. The van der Waals surface area contributed by atoms with Gasteiger partial charge in [-0.2, -0.15) is 0 Å². The smallest absolute Gasteiger partial charge is 0.0726 e. The van der Waals surface area contributed by atoms with Gasteiger partial charge in [-0.05, 0) is 38.8 Å². The molecule has 2 fully saturated rings. The Hall–Kier alpha value is -0.770. The molecule has 0 unspecified atom stereocenters. The van der Waals surface area contributed by atoms with E-state index in [1.165, 1.54) is 24.1 Å². The topological polar surface area (TPSA) is 24.5 Å². The second-order valence-corrected chi connectivity index (χ2v) is 6.46. The summed E-state index contributed by atoms with van der Waals surface area (Å²) in [4.78, 5) is 2.41. The number of anilines is 1. The number of morpholine rings is 1. The lowest BCUT2D eigenvalue weighted by molar-refractivity contribution is -0.00526. The van der Waals surface area contributed by atoms with Crippen LogP contribution in [0.5, 0.6) is 0 Å². The summed E-state index contributed by atoms with van der Waals surface area (Å²) < 4.78 is 5.83. The number of nitrogens with one attached hydrogen (secondary N) is 1. The Morgan fingerprint density at radius 2 is 1.95 bits per heavy atom. The molecular weight excluding hydrogens is 272 g/mol. The van der Waals surface area contributed by atoms with Crippen molar-refractivity contribution in [2.45, 2.75) is 51.5 Å². The minimum atomic E-state index is 0.266. The van der Waals surface area contributed by atoms with E-state index in [-0.39, 0.29) is 12.2 Å². The number of hydrogen-bond donors (Lipinski definition) is 1. The Balaban J connectivity index is 1.81. The fraction of sp³-hybridized carbons (Fsp3) is 0.625. The second-order valence-electron chi connectivity index (χ2n) is 6.05. The van der Waals surface area contributed by atoms with Crippen LogP contribution in [0.3, 0.4) is 0 Å². The highest BCUT2D eigenvalue weighted by Crippen LogP contribution is 2.31. The molecule has 1 aliphatic carbocycles. The van der Waals surface area contributed by atoms with E-state index in [1.54, 1.807) is 0 Å². The Morgan fingerprint density at radius 1 is 1.25 bits per heavy atom. The van der Waals surface area contributed by atoms with E-state index in [0.717, 1.165) is 24.7 Å². The number of nitrogens with zero attached hydrogens (tertiary/aromatic N) is 1. The van der Waals surface area contributed by atoms with E-state index < -0.39 is 0 Å². The highest BCUT2D eigenvalue weighted by molar-refractivity contribution is 6.31. The van der Waals surface area contributed by atoms with Crippen molar-refractivity contribution >= 4 is 17.3 Å². The molecule has 1 heterocycles. The van der Waals surface area contributed by atoms with Gasteiger partial charge in [0.15, 0.2) is 0 Å². The molecule has 1 N–H and O–H groups in total. The van der Waals surface area contributed by atoms with Gasteiger partial charge >= 0.3 is 0 Å². The summed E-state index contributed by atoms with van der Waals surface area (Å²) in [6.45, 7) is 6.99. The summed E-state index contributed by atoms with van der Waals surface area (Å²) in [7, 11) is 0. The van der Waals surface area contributed by atoms with Crippen molar-refractivity contribution in [1.82, 2.24) is 5.32 Å². The van der Waals surface area contributed by atoms with Crippen LogP contribution in [0.4, 0.5) is 5.69 Å². The van der Waals surface area contributed by atoms with Crippen LogP contribution in [0.15, 0.2) is 18.2 Å². The monoisotopic (exact) mass is 294 g/mol. The maximum atomic E-state index is 6.43. The molecule has 1 aliphatic heterocycles. The van der Waals surface area contributed by atoms with E-state index in [1.807, 2.05) is 12.1 Å². The van der Waals surface area contributed by atoms with Gasteiger partial charge in [-0.3, -0.25) is 0 Å². The number of ether oxygens (including phenoxy) is 1. The van der Waals surface area contributed by atoms with Gasteiger partial charge in [0, 0.05) is 41.9 Å². The Bertz CT molecular complexity index is 466. The Labute approximate surface area is 126 Å². The van der Waals surface area contributed by atoms with E-state index in [9.17, 15) is 0 Å². The van der Waals surface area contributed by atoms with Gasteiger partial charge in [0.05, 0.1) is 12.2 Å². The van der Waals surface area contributed by atoms with E-state index >= 15 is 0 Å². The van der Waals surface area contributed by atoms with Crippen molar-refractivity contribution in [1.29, 1.82) is 0 Å². The largest absolute Gasteiger partial charge is 0.372 e. The predicted octanol–water partition coefficient (Wildman–Crippen LogP) is 3.21. The highest BCUT2D eigenvalue weighted by atomic mass is 35.5. The van der Waals surface area contributed by atoms with Crippen LogP contribution in [0.25, 0.3) is 0 Å². The first-order chi connectivity index (χ1) is 9.63. The van der Waals surface area contributed by atoms with Gasteiger partial charge in [0.25, 0.3) is 0 Å². The van der Waals surface area contributed by atoms with E-state index in [0.29, 0.717) is 6.04 Å². The van der Waals surface area contributed by atoms with Crippen LogP contribution in [0.2, 0.25) is 5.02 Å². The molecule has 3 nitrogen and oxygen atoms in total. The molecule has 1 aromatic carbocycles. The van der Waals surface area contributed by atoms with Crippen molar-refractivity contribution in [2.75, 3.05) is 18.0 Å². The maximum absolute atomic E-state index is 6.43. The first-order valence-electron chi connectivity index (χ1n) is 7.54. The summed E-state index contributed by atoms with van der Waals surface area (Å²) in [6.07, 6.45) is 3.13. The molecule has 3 rings (SSSR count). The zero-order chi connectivity index (χ0) is 14.1. The average Bonchev–Trinajstić information content (AvgIpc) is 3.20. The number of rotatable bonds is 4. The molecule has 2 aliphatic rings. The molecule has 110 valence electrons. The van der Waals surface area contributed by atoms with Gasteiger partial charge in [-0.1, -0.05) is 17.7 Å². The fourth-order valence-corrected chi connectivity index (χ4v) is 3.16. The summed E-state index contributed by atoms with van der Waals surface area (Å²) in [6, 6.07) is 6.91. The zero-order valence-corrected chi connectivity index (χ0v) is 13.0. The lowest BCUT2D eigenvalue weighted by atomic mass is 10.1. The molecule has 0 spiro atoms. The van der Waals surface area contributed by atoms with E-state index in [2.05, 4.69) is 30.1 Å². The van der Waals surface area contributed by atoms with Crippen molar-refractivity contribution in [3.63, 3.8) is 0 Å². The Kier molecular flexibility index (Phi) is 4.20. The number of halogens is 1. The van der Waals surface area contributed by atoms with Gasteiger partial charge in [-0.25, -0.2) is 0 Å². The molecule has 20 heavy (non-hydrogen) atoms. The molecule has 0 aromatic heterocycles. The standard InChI is InChI=1S/C16H23ClN2O/c1-11-9-19(10-12(2)20-11)16-5-3-4-15(17)14(16)8-18-13-6-7-13/h3-5,11-13,18H,6-10H2,1-2H3/t11-,12+. The van der Waals surface area contributed by atoms with Gasteiger partial charge < -0.3 is 15.0 Å². The lowest BCUT2D eigenvalue weighted by Crippen LogP contribution is -2.46. The van der Waals surface area contributed by atoms with Crippen molar-refractivity contribution in [3.05, 3.63) is 28.8 Å². The molecule has 0 radical (unpaired) electrons. The van der Waals surface area contributed by atoms with Crippen LogP contribution in [-0.4, -0.2) is 31.3 Å². The molecular formula is C16H23ClN2O. The summed E-state index contributed by atoms with van der Waals surface area (Å²) >= 11 is 6.43. The third-order valence-electron chi connectivity index (χ3n) is 4.00. The van der Waals surface area contributed by atoms with Crippen LogP contribution < -0.4 is 10.2 Å². The quantitative estimate of drug-likeness (QED) is 0.923. The summed E-state index contributed by atoms with van der Waals surface area (Å²) in [5, 5.41) is 4.44. The number of hydrogen-bond acceptors (Lipinski definition) is 3. The van der Waals surface area contributed by atoms with Crippen LogP contribution in [0.1, 0.15) is 32.3 Å². The normalized spacial score (nSPS) is 26.9. The summed E-state index contributed by atoms with van der Waals surface area (Å²) in [5.41, 5.74) is 2.48.